The summed E-state index contributed by atoms with van der Waals surface area (Å²) < 4.78 is 0.194. The Morgan fingerprint density at radius 3 is 2.65 bits per heavy atom. The highest BCUT2D eigenvalue weighted by Crippen LogP contribution is 2.14. The maximum Gasteiger partial charge on any atom is 0.282 e. The van der Waals surface area contributed by atoms with E-state index in [0.717, 1.165) is 11.3 Å². The molecular weight excluding hydrogens is 264 g/mol. The summed E-state index contributed by atoms with van der Waals surface area (Å²) in [6.45, 7) is 4.07. The maximum absolute atomic E-state index is 11.7. The van der Waals surface area contributed by atoms with E-state index in [-0.39, 0.29) is 15.4 Å². The van der Waals surface area contributed by atoms with E-state index >= 15 is 0 Å². The molecule has 0 spiro atoms. The third-order valence-corrected chi connectivity index (χ3v) is 3.18. The molecule has 8 heteroatoms. The monoisotopic (exact) mass is 276 g/mol. The van der Waals surface area contributed by atoms with Crippen molar-refractivity contribution in [1.29, 1.82) is 0 Å². The van der Waals surface area contributed by atoms with E-state index < -0.39 is 11.9 Å². The van der Waals surface area contributed by atoms with Gasteiger partial charge in [-0.15, -0.1) is 10.2 Å². The lowest BCUT2D eigenvalue weighted by Gasteiger charge is -2.19. The highest BCUT2D eigenvalue weighted by Gasteiger charge is 2.21. The van der Waals surface area contributed by atoms with E-state index in [1.807, 2.05) is 6.92 Å². The van der Waals surface area contributed by atoms with Crippen molar-refractivity contribution in [3.63, 3.8) is 0 Å². The van der Waals surface area contributed by atoms with Crippen molar-refractivity contribution < 1.29 is 9.59 Å². The number of hydrogen-bond donors (Lipinski definition) is 1. The summed E-state index contributed by atoms with van der Waals surface area (Å²) >= 11 is 6.54. The quantitative estimate of drug-likeness (QED) is 0.882. The molecule has 1 N–H and O–H groups in total. The lowest BCUT2D eigenvalue weighted by molar-refractivity contribution is -0.131. The molecule has 0 bridgehead atoms. The van der Waals surface area contributed by atoms with Crippen LogP contribution in [0.4, 0.5) is 0 Å². The standard InChI is InChI=1S/C9H13ClN4O2S/c1-4-14(3)8(16)5(2)11-6(15)7-12-13-9(10)17-7/h5H,4H2,1-3H3,(H,11,15). The van der Waals surface area contributed by atoms with Crippen LogP contribution in [0.25, 0.3) is 0 Å². The van der Waals surface area contributed by atoms with Crippen molar-refractivity contribution in [2.24, 2.45) is 0 Å². The van der Waals surface area contributed by atoms with Crippen molar-refractivity contribution in [3.8, 4) is 0 Å². The molecule has 0 aliphatic heterocycles. The first kappa shape index (κ1) is 13.9. The molecule has 1 aromatic rings. The van der Waals surface area contributed by atoms with E-state index in [9.17, 15) is 9.59 Å². The van der Waals surface area contributed by atoms with Crippen LogP contribution in [0.15, 0.2) is 0 Å². The number of aromatic nitrogens is 2. The summed E-state index contributed by atoms with van der Waals surface area (Å²) in [7, 11) is 1.67. The highest BCUT2D eigenvalue weighted by molar-refractivity contribution is 7.17. The second-order valence-electron chi connectivity index (χ2n) is 3.41. The molecule has 1 rings (SSSR count). The number of halogens is 1. The van der Waals surface area contributed by atoms with Crippen LogP contribution in [-0.4, -0.2) is 46.5 Å². The molecule has 1 heterocycles. The van der Waals surface area contributed by atoms with Crippen LogP contribution in [0.3, 0.4) is 0 Å². The fourth-order valence-electron chi connectivity index (χ4n) is 1.10. The zero-order valence-electron chi connectivity index (χ0n) is 9.73. The third-order valence-electron chi connectivity index (χ3n) is 2.16. The van der Waals surface area contributed by atoms with Gasteiger partial charge >= 0.3 is 0 Å². The van der Waals surface area contributed by atoms with Crippen molar-refractivity contribution in [3.05, 3.63) is 9.47 Å². The predicted molar refractivity (Wildman–Crippen MR) is 65.2 cm³/mol. The Hall–Kier alpha value is -1.21. The number of likely N-dealkylation sites (N-methyl/N-ethyl adjacent to an activating group) is 1. The summed E-state index contributed by atoms with van der Waals surface area (Å²) in [4.78, 5) is 24.9. The smallest absolute Gasteiger partial charge is 0.282 e. The summed E-state index contributed by atoms with van der Waals surface area (Å²) in [5.41, 5.74) is 0. The summed E-state index contributed by atoms with van der Waals surface area (Å²) in [6, 6.07) is -0.602. The molecule has 0 aliphatic rings. The summed E-state index contributed by atoms with van der Waals surface area (Å²) in [5.74, 6) is -0.601. The first-order valence-corrected chi connectivity index (χ1v) is 6.20. The van der Waals surface area contributed by atoms with Crippen molar-refractivity contribution in [2.45, 2.75) is 19.9 Å². The minimum absolute atomic E-state index is 0.147. The van der Waals surface area contributed by atoms with Crippen LogP contribution in [-0.2, 0) is 4.79 Å². The number of carbonyl (C=O) groups is 2. The Bertz CT molecular complexity index is 423. The number of nitrogens with one attached hydrogen (secondary N) is 1. The molecule has 0 saturated heterocycles. The van der Waals surface area contributed by atoms with Gasteiger partial charge in [0.25, 0.3) is 5.91 Å². The minimum atomic E-state index is -0.602. The SMILES string of the molecule is CCN(C)C(=O)C(C)NC(=O)c1nnc(Cl)s1. The Morgan fingerprint density at radius 1 is 1.53 bits per heavy atom. The van der Waals surface area contributed by atoms with Crippen LogP contribution in [0.1, 0.15) is 23.6 Å². The zero-order valence-corrected chi connectivity index (χ0v) is 11.3. The average Bonchev–Trinajstić information content (AvgIpc) is 2.73. The van der Waals surface area contributed by atoms with Gasteiger partial charge in [-0.3, -0.25) is 9.59 Å². The molecule has 1 aromatic heterocycles. The molecule has 6 nitrogen and oxygen atoms in total. The molecule has 94 valence electrons. The zero-order chi connectivity index (χ0) is 13.0. The molecule has 0 aliphatic carbocycles. The van der Waals surface area contributed by atoms with Gasteiger partial charge in [0.2, 0.25) is 15.4 Å². The highest BCUT2D eigenvalue weighted by atomic mass is 35.5. The first-order chi connectivity index (χ1) is 7.95. The van der Waals surface area contributed by atoms with Crippen molar-refractivity contribution >= 4 is 34.8 Å². The molecule has 0 aromatic carbocycles. The molecule has 0 saturated carbocycles. The minimum Gasteiger partial charge on any atom is -0.344 e. The van der Waals surface area contributed by atoms with E-state index in [1.54, 1.807) is 14.0 Å². The van der Waals surface area contributed by atoms with Gasteiger partial charge < -0.3 is 10.2 Å². The van der Waals surface area contributed by atoms with Gasteiger partial charge in [-0.25, -0.2) is 0 Å². The number of amides is 2. The fourth-order valence-corrected chi connectivity index (χ4v) is 1.84. The largest absolute Gasteiger partial charge is 0.344 e. The Labute approximate surface area is 108 Å². The van der Waals surface area contributed by atoms with Crippen LogP contribution in [0.5, 0.6) is 0 Å². The van der Waals surface area contributed by atoms with Gasteiger partial charge in [0.05, 0.1) is 0 Å². The topological polar surface area (TPSA) is 75.2 Å². The Kier molecular flexibility index (Phi) is 4.83. The number of carbonyl (C=O) groups excluding carboxylic acids is 2. The van der Waals surface area contributed by atoms with Gasteiger partial charge in [0, 0.05) is 13.6 Å². The van der Waals surface area contributed by atoms with E-state index in [2.05, 4.69) is 15.5 Å². The molecule has 2 amide bonds. The lowest BCUT2D eigenvalue weighted by Crippen LogP contribution is -2.45. The summed E-state index contributed by atoms with van der Waals surface area (Å²) in [5, 5.41) is 9.80. The average molecular weight is 277 g/mol. The molecule has 17 heavy (non-hydrogen) atoms. The van der Waals surface area contributed by atoms with Gasteiger partial charge in [-0.1, -0.05) is 11.3 Å². The van der Waals surface area contributed by atoms with E-state index in [1.165, 1.54) is 4.90 Å². The molecule has 0 radical (unpaired) electrons. The molecular formula is C9H13ClN4O2S. The predicted octanol–water partition coefficient (Wildman–Crippen LogP) is 0.788. The Balaban J connectivity index is 2.60. The number of nitrogens with zero attached hydrogens (tertiary/aromatic N) is 3. The van der Waals surface area contributed by atoms with Gasteiger partial charge in [-0.05, 0) is 25.4 Å². The lowest BCUT2D eigenvalue weighted by atomic mass is 10.3. The molecule has 1 unspecified atom stereocenters. The van der Waals surface area contributed by atoms with Crippen LogP contribution < -0.4 is 5.32 Å². The number of rotatable bonds is 4. The van der Waals surface area contributed by atoms with Crippen LogP contribution in [0, 0.1) is 0 Å². The maximum atomic E-state index is 11.7. The first-order valence-electron chi connectivity index (χ1n) is 5.00. The summed E-state index contributed by atoms with van der Waals surface area (Å²) in [6.07, 6.45) is 0. The van der Waals surface area contributed by atoms with Crippen molar-refractivity contribution in [1.82, 2.24) is 20.4 Å². The van der Waals surface area contributed by atoms with Gasteiger partial charge in [-0.2, -0.15) is 0 Å². The van der Waals surface area contributed by atoms with Gasteiger partial charge in [0.15, 0.2) is 0 Å². The Morgan fingerprint density at radius 2 is 2.18 bits per heavy atom. The van der Waals surface area contributed by atoms with Crippen LogP contribution >= 0.6 is 22.9 Å². The number of hydrogen-bond acceptors (Lipinski definition) is 5. The van der Waals surface area contributed by atoms with E-state index in [4.69, 9.17) is 11.6 Å². The molecule has 0 fully saturated rings. The van der Waals surface area contributed by atoms with Gasteiger partial charge in [0.1, 0.15) is 6.04 Å². The third kappa shape index (κ3) is 3.64. The molecule has 1 atom stereocenters. The van der Waals surface area contributed by atoms with Crippen LogP contribution in [0.2, 0.25) is 4.47 Å². The normalized spacial score (nSPS) is 12.0. The fraction of sp³-hybridized carbons (Fsp3) is 0.556. The second kappa shape index (κ2) is 5.92. The van der Waals surface area contributed by atoms with Crippen molar-refractivity contribution in [2.75, 3.05) is 13.6 Å². The second-order valence-corrected chi connectivity index (χ2v) is 4.97. The van der Waals surface area contributed by atoms with E-state index in [0.29, 0.717) is 6.54 Å².